The molecule has 0 amide bonds. The number of carbonyl (C=O) groups excluding carboxylic acids is 2. The Hall–Kier alpha value is -0.660. The van der Waals surface area contributed by atoms with Gasteiger partial charge in [0.05, 0.1) is 11.9 Å². The number of rotatable bonds is 2. The SMILES string of the molecule is C1CCNCC1.O.O=C([O-])c1cccc(C(=O)[O-])c1.[Ca+2]. The molecular formula is C13H17CaNO5. The average molecular weight is 307 g/mol. The van der Waals surface area contributed by atoms with Crippen LogP contribution in [0.25, 0.3) is 0 Å². The summed E-state index contributed by atoms with van der Waals surface area (Å²) < 4.78 is 0. The number of piperidine rings is 1. The van der Waals surface area contributed by atoms with E-state index in [2.05, 4.69) is 5.32 Å². The van der Waals surface area contributed by atoms with Crippen LogP contribution in [0.4, 0.5) is 0 Å². The molecule has 1 saturated heterocycles. The maximum atomic E-state index is 10.3. The zero-order chi connectivity index (χ0) is 13.4. The second-order valence-electron chi connectivity index (χ2n) is 3.97. The Labute approximate surface area is 147 Å². The summed E-state index contributed by atoms with van der Waals surface area (Å²) in [6.45, 7) is 2.50. The standard InChI is InChI=1S/C8H6O4.C5H11N.Ca.H2O/c9-7(10)5-2-1-3-6(4-5)8(11)12;1-2-4-6-5-3-1;;/h1-4H,(H,9,10)(H,11,12);6H,1-5H2;;1H2/q;;+2;/p-2. The Kier molecular flexibility index (Phi) is 13.1. The molecular weight excluding hydrogens is 290 g/mol. The van der Waals surface area contributed by atoms with E-state index >= 15 is 0 Å². The summed E-state index contributed by atoms with van der Waals surface area (Å²) >= 11 is 0. The minimum absolute atomic E-state index is 0. The van der Waals surface area contributed by atoms with Crippen molar-refractivity contribution < 1.29 is 25.3 Å². The van der Waals surface area contributed by atoms with Crippen LogP contribution in [-0.2, 0) is 0 Å². The predicted molar refractivity (Wildman–Crippen MR) is 71.2 cm³/mol. The van der Waals surface area contributed by atoms with Crippen LogP contribution in [-0.4, -0.2) is 68.2 Å². The molecule has 20 heavy (non-hydrogen) atoms. The average Bonchev–Trinajstić information content (AvgIpc) is 2.41. The summed E-state index contributed by atoms with van der Waals surface area (Å²) in [6, 6.07) is 4.81. The van der Waals surface area contributed by atoms with E-state index in [9.17, 15) is 19.8 Å². The van der Waals surface area contributed by atoms with Crippen LogP contribution in [0.1, 0.15) is 40.0 Å². The second-order valence-corrected chi connectivity index (χ2v) is 3.97. The van der Waals surface area contributed by atoms with Gasteiger partial charge in [-0.15, -0.1) is 0 Å². The van der Waals surface area contributed by atoms with E-state index < -0.39 is 11.9 Å². The van der Waals surface area contributed by atoms with Crippen LogP contribution in [0.3, 0.4) is 0 Å². The fourth-order valence-electron chi connectivity index (χ4n) is 1.57. The van der Waals surface area contributed by atoms with Crippen molar-refractivity contribution in [1.82, 2.24) is 5.32 Å². The van der Waals surface area contributed by atoms with Crippen LogP contribution in [0, 0.1) is 0 Å². The number of carboxylic acids is 2. The number of aromatic carboxylic acids is 2. The summed E-state index contributed by atoms with van der Waals surface area (Å²) in [5.41, 5.74) is -0.339. The van der Waals surface area contributed by atoms with Gasteiger partial charge in [-0.3, -0.25) is 0 Å². The second kappa shape index (κ2) is 12.1. The van der Waals surface area contributed by atoms with Gasteiger partial charge in [0.1, 0.15) is 0 Å². The Bertz CT molecular complexity index is 380. The summed E-state index contributed by atoms with van der Waals surface area (Å²) in [5, 5.41) is 23.8. The van der Waals surface area contributed by atoms with Gasteiger partial charge in [0.25, 0.3) is 0 Å². The fraction of sp³-hybridized carbons (Fsp3) is 0.385. The molecule has 1 fully saturated rings. The molecule has 0 bridgehead atoms. The van der Waals surface area contributed by atoms with Gasteiger partial charge in [0.15, 0.2) is 0 Å². The van der Waals surface area contributed by atoms with Gasteiger partial charge >= 0.3 is 37.7 Å². The van der Waals surface area contributed by atoms with E-state index in [-0.39, 0.29) is 54.3 Å². The van der Waals surface area contributed by atoms with E-state index in [0.29, 0.717) is 0 Å². The van der Waals surface area contributed by atoms with Crippen LogP contribution in [0.15, 0.2) is 24.3 Å². The van der Waals surface area contributed by atoms with Gasteiger partial charge < -0.3 is 30.6 Å². The molecule has 0 atom stereocenters. The molecule has 0 saturated carbocycles. The molecule has 0 unspecified atom stereocenters. The van der Waals surface area contributed by atoms with Gasteiger partial charge in [-0.05, 0) is 43.1 Å². The van der Waals surface area contributed by atoms with E-state index in [1.807, 2.05) is 0 Å². The zero-order valence-corrected chi connectivity index (χ0v) is 13.4. The van der Waals surface area contributed by atoms with Crippen molar-refractivity contribution in [3.63, 3.8) is 0 Å². The number of carboxylic acid groups (broad SMARTS) is 2. The van der Waals surface area contributed by atoms with Gasteiger partial charge in [0, 0.05) is 0 Å². The van der Waals surface area contributed by atoms with Crippen molar-refractivity contribution in [3.05, 3.63) is 35.4 Å². The van der Waals surface area contributed by atoms with Crippen molar-refractivity contribution in [1.29, 1.82) is 0 Å². The van der Waals surface area contributed by atoms with Gasteiger partial charge in [-0.2, -0.15) is 0 Å². The normalized spacial score (nSPS) is 12.8. The number of hydrogen-bond acceptors (Lipinski definition) is 5. The number of benzene rings is 1. The molecule has 106 valence electrons. The van der Waals surface area contributed by atoms with E-state index in [1.54, 1.807) is 0 Å². The molecule has 1 heterocycles. The molecule has 1 aromatic rings. The maximum absolute atomic E-state index is 10.3. The molecule has 2 rings (SSSR count). The van der Waals surface area contributed by atoms with E-state index in [1.165, 1.54) is 50.6 Å². The van der Waals surface area contributed by atoms with Crippen molar-refractivity contribution in [3.8, 4) is 0 Å². The molecule has 1 aliphatic heterocycles. The summed E-state index contributed by atoms with van der Waals surface area (Å²) in [5.74, 6) is -2.81. The minimum atomic E-state index is -1.40. The summed E-state index contributed by atoms with van der Waals surface area (Å²) in [7, 11) is 0. The third kappa shape index (κ3) is 8.50. The van der Waals surface area contributed by atoms with Crippen molar-refractivity contribution >= 4 is 49.7 Å². The third-order valence-corrected chi connectivity index (χ3v) is 2.54. The van der Waals surface area contributed by atoms with Crippen molar-refractivity contribution in [2.24, 2.45) is 0 Å². The fourth-order valence-corrected chi connectivity index (χ4v) is 1.57. The Balaban J connectivity index is 0. The van der Waals surface area contributed by atoms with Gasteiger partial charge in [-0.1, -0.05) is 24.6 Å². The van der Waals surface area contributed by atoms with Crippen LogP contribution < -0.4 is 15.5 Å². The number of nitrogens with one attached hydrogen (secondary N) is 1. The zero-order valence-electron chi connectivity index (χ0n) is 11.2. The van der Waals surface area contributed by atoms with Gasteiger partial charge in [0.2, 0.25) is 0 Å². The van der Waals surface area contributed by atoms with Crippen LogP contribution in [0.5, 0.6) is 0 Å². The van der Waals surface area contributed by atoms with Crippen molar-refractivity contribution in [2.75, 3.05) is 13.1 Å². The largest absolute Gasteiger partial charge is 2.00 e. The minimum Gasteiger partial charge on any atom is -0.545 e. The smallest absolute Gasteiger partial charge is 0.545 e. The number of hydrogen-bond donors (Lipinski definition) is 1. The van der Waals surface area contributed by atoms with E-state index in [4.69, 9.17) is 0 Å². The first kappa shape index (κ1) is 21.6. The Morgan fingerprint density at radius 1 is 0.950 bits per heavy atom. The maximum Gasteiger partial charge on any atom is 2.00 e. The number of carbonyl (C=O) groups is 2. The predicted octanol–water partition coefficient (Wildman–Crippen LogP) is -2.03. The molecule has 7 heteroatoms. The summed E-state index contributed by atoms with van der Waals surface area (Å²) in [4.78, 5) is 20.5. The molecule has 1 aromatic carbocycles. The van der Waals surface area contributed by atoms with Crippen LogP contribution in [0.2, 0.25) is 0 Å². The first-order chi connectivity index (χ1) is 8.61. The topological polar surface area (TPSA) is 124 Å². The van der Waals surface area contributed by atoms with Crippen molar-refractivity contribution in [2.45, 2.75) is 19.3 Å². The first-order valence-electron chi connectivity index (χ1n) is 5.84. The molecule has 6 nitrogen and oxygen atoms in total. The first-order valence-corrected chi connectivity index (χ1v) is 5.84. The van der Waals surface area contributed by atoms with Gasteiger partial charge in [-0.25, -0.2) is 0 Å². The molecule has 1 aliphatic rings. The molecule has 0 spiro atoms. The monoisotopic (exact) mass is 307 g/mol. The quantitative estimate of drug-likeness (QED) is 0.631. The molecule has 0 radical (unpaired) electrons. The summed E-state index contributed by atoms with van der Waals surface area (Å²) in [6.07, 6.45) is 4.22. The van der Waals surface area contributed by atoms with E-state index in [0.717, 1.165) is 6.07 Å². The Morgan fingerprint density at radius 3 is 1.65 bits per heavy atom. The molecule has 3 N–H and O–H groups in total. The third-order valence-electron chi connectivity index (χ3n) is 2.54. The van der Waals surface area contributed by atoms with Crippen LogP contribution >= 0.6 is 0 Å². The molecule has 0 aliphatic carbocycles. The Morgan fingerprint density at radius 2 is 1.40 bits per heavy atom. The molecule has 0 aromatic heterocycles.